The predicted molar refractivity (Wildman–Crippen MR) is 42.8 cm³/mol. The first-order valence-electron chi connectivity index (χ1n) is 4.30. The molecule has 2 heterocycles. The maximum atomic E-state index is 11.4. The fourth-order valence-electron chi connectivity index (χ4n) is 2.13. The van der Waals surface area contributed by atoms with Gasteiger partial charge in [0.15, 0.2) is 11.8 Å². The van der Waals surface area contributed by atoms with Gasteiger partial charge >= 0.3 is 12.1 Å². The molecule has 2 bridgehead atoms. The Balaban J connectivity index is 2.30. The Bertz CT molecular complexity index is 320. The molecule has 1 saturated carbocycles. The van der Waals surface area contributed by atoms with Crippen molar-refractivity contribution in [1.29, 1.82) is 0 Å². The van der Waals surface area contributed by atoms with Crippen LogP contribution in [0.2, 0.25) is 0 Å². The van der Waals surface area contributed by atoms with E-state index in [1.165, 1.54) is 0 Å². The summed E-state index contributed by atoms with van der Waals surface area (Å²) in [5, 5.41) is 17.5. The van der Waals surface area contributed by atoms with Crippen molar-refractivity contribution in [1.82, 2.24) is 4.90 Å². The molecule has 1 atom stereocenters. The van der Waals surface area contributed by atoms with Crippen LogP contribution in [0.25, 0.3) is 0 Å². The van der Waals surface area contributed by atoms with Gasteiger partial charge < -0.3 is 10.2 Å². The number of carbonyl (C=O) groups excluding carboxylic acids is 1. The number of amides is 1. The van der Waals surface area contributed by atoms with Crippen molar-refractivity contribution in [3.05, 3.63) is 0 Å². The topological polar surface area (TPSA) is 94.9 Å². The number of hydrogen-bond acceptors (Lipinski definition) is 3. The number of ketones is 1. The number of piperidine rings is 2. The van der Waals surface area contributed by atoms with Gasteiger partial charge in [-0.2, -0.15) is 0 Å². The van der Waals surface area contributed by atoms with Gasteiger partial charge in [0.1, 0.15) is 0 Å². The van der Waals surface area contributed by atoms with Crippen LogP contribution in [0.15, 0.2) is 0 Å². The van der Waals surface area contributed by atoms with Crippen LogP contribution in [0.4, 0.5) is 4.79 Å². The average Bonchev–Trinajstić information content (AvgIpc) is 1.99. The van der Waals surface area contributed by atoms with Gasteiger partial charge in [0.25, 0.3) is 0 Å². The van der Waals surface area contributed by atoms with Crippen LogP contribution in [-0.4, -0.2) is 45.0 Å². The number of carboxylic acid groups (broad SMARTS) is 2. The molecule has 0 aromatic heterocycles. The molecule has 76 valence electrons. The molecule has 3 rings (SSSR count). The SMILES string of the molecule is O=C(O)C1C(=O)C2CC(C2)N1C(=O)O. The third-order valence-corrected chi connectivity index (χ3v) is 2.91. The Kier molecular flexibility index (Phi) is 1.73. The van der Waals surface area contributed by atoms with Gasteiger partial charge in [-0.05, 0) is 12.8 Å². The van der Waals surface area contributed by atoms with Gasteiger partial charge in [0.2, 0.25) is 0 Å². The molecule has 1 amide bonds. The molecule has 2 aliphatic heterocycles. The van der Waals surface area contributed by atoms with Crippen molar-refractivity contribution in [2.24, 2.45) is 5.92 Å². The maximum absolute atomic E-state index is 11.4. The Morgan fingerprint density at radius 1 is 1.29 bits per heavy atom. The van der Waals surface area contributed by atoms with E-state index in [0.29, 0.717) is 12.8 Å². The zero-order valence-electron chi connectivity index (χ0n) is 7.21. The zero-order chi connectivity index (χ0) is 10.5. The lowest BCUT2D eigenvalue weighted by Crippen LogP contribution is -2.66. The summed E-state index contributed by atoms with van der Waals surface area (Å²) < 4.78 is 0. The molecule has 2 saturated heterocycles. The molecule has 6 nitrogen and oxygen atoms in total. The number of Topliss-reactive ketones (excluding diaryl/α,β-unsaturated/α-hetero) is 1. The summed E-state index contributed by atoms with van der Waals surface area (Å²) in [5.74, 6) is -2.08. The second-order valence-electron chi connectivity index (χ2n) is 3.66. The van der Waals surface area contributed by atoms with Crippen LogP contribution in [0.1, 0.15) is 12.8 Å². The van der Waals surface area contributed by atoms with E-state index in [4.69, 9.17) is 10.2 Å². The highest BCUT2D eigenvalue weighted by Gasteiger charge is 2.55. The Morgan fingerprint density at radius 3 is 2.21 bits per heavy atom. The minimum Gasteiger partial charge on any atom is -0.479 e. The van der Waals surface area contributed by atoms with Gasteiger partial charge in [-0.25, -0.2) is 9.59 Å². The number of hydrogen-bond donors (Lipinski definition) is 2. The lowest BCUT2D eigenvalue weighted by Gasteiger charge is -2.49. The van der Waals surface area contributed by atoms with E-state index < -0.39 is 23.9 Å². The first-order valence-corrected chi connectivity index (χ1v) is 4.30. The highest BCUT2D eigenvalue weighted by molar-refractivity contribution is 6.07. The minimum absolute atomic E-state index is 0.239. The van der Waals surface area contributed by atoms with Crippen LogP contribution in [0, 0.1) is 5.92 Å². The number of nitrogens with zero attached hydrogens (tertiary/aromatic N) is 1. The number of carboxylic acids is 1. The summed E-state index contributed by atoms with van der Waals surface area (Å²) in [5.41, 5.74) is 0. The summed E-state index contributed by atoms with van der Waals surface area (Å²) >= 11 is 0. The molecule has 14 heavy (non-hydrogen) atoms. The molecule has 0 aromatic rings. The summed E-state index contributed by atoms with van der Waals surface area (Å²) in [6, 6.07) is -1.76. The van der Waals surface area contributed by atoms with E-state index in [-0.39, 0.29) is 12.0 Å². The third kappa shape index (κ3) is 0.997. The van der Waals surface area contributed by atoms with Crippen molar-refractivity contribution >= 4 is 17.8 Å². The molecule has 0 radical (unpaired) electrons. The number of fused-ring (bicyclic) bond motifs is 2. The van der Waals surface area contributed by atoms with Crippen LogP contribution in [0.3, 0.4) is 0 Å². The first-order chi connectivity index (χ1) is 6.52. The fraction of sp³-hybridized carbons (Fsp3) is 0.625. The molecule has 1 aliphatic carbocycles. The standard InChI is InChI=1S/C8H9NO5/c10-6-3-1-4(2-3)9(8(13)14)5(6)7(11)12/h3-5H,1-2H2,(H,11,12)(H,13,14). The van der Waals surface area contributed by atoms with Gasteiger partial charge in [-0.15, -0.1) is 0 Å². The number of rotatable bonds is 1. The molecule has 0 aromatic carbocycles. The van der Waals surface area contributed by atoms with Crippen molar-refractivity contribution in [3.8, 4) is 0 Å². The van der Waals surface area contributed by atoms with Crippen molar-refractivity contribution in [2.75, 3.05) is 0 Å². The Morgan fingerprint density at radius 2 is 1.86 bits per heavy atom. The molecule has 3 fully saturated rings. The van der Waals surface area contributed by atoms with E-state index in [0.717, 1.165) is 4.90 Å². The predicted octanol–water partition coefficient (Wildman–Crippen LogP) is -0.219. The second-order valence-corrected chi connectivity index (χ2v) is 3.66. The molecular weight excluding hydrogens is 190 g/mol. The normalized spacial score (nSPS) is 35.0. The van der Waals surface area contributed by atoms with Crippen molar-refractivity contribution < 1.29 is 24.6 Å². The molecular formula is C8H9NO5. The summed E-state index contributed by atoms with van der Waals surface area (Å²) in [6.07, 6.45) is -0.363. The van der Waals surface area contributed by atoms with Crippen molar-refractivity contribution in [3.63, 3.8) is 0 Å². The monoisotopic (exact) mass is 199 g/mol. The molecule has 6 heteroatoms. The van der Waals surface area contributed by atoms with Gasteiger partial charge in [0.05, 0.1) is 0 Å². The summed E-state index contributed by atoms with van der Waals surface area (Å²) in [6.45, 7) is 0. The molecule has 3 aliphatic rings. The highest BCUT2D eigenvalue weighted by Crippen LogP contribution is 2.40. The van der Waals surface area contributed by atoms with E-state index in [9.17, 15) is 14.4 Å². The molecule has 0 spiro atoms. The van der Waals surface area contributed by atoms with Gasteiger partial charge in [-0.1, -0.05) is 0 Å². The lowest BCUT2D eigenvalue weighted by molar-refractivity contribution is -0.159. The highest BCUT2D eigenvalue weighted by atomic mass is 16.4. The van der Waals surface area contributed by atoms with E-state index in [1.54, 1.807) is 0 Å². The van der Waals surface area contributed by atoms with E-state index in [1.807, 2.05) is 0 Å². The smallest absolute Gasteiger partial charge is 0.408 e. The zero-order valence-corrected chi connectivity index (χ0v) is 7.21. The number of aliphatic carboxylic acids is 1. The maximum Gasteiger partial charge on any atom is 0.408 e. The summed E-state index contributed by atoms with van der Waals surface area (Å²) in [7, 11) is 0. The second kappa shape index (κ2) is 2.70. The van der Waals surface area contributed by atoms with E-state index in [2.05, 4.69) is 0 Å². The lowest BCUT2D eigenvalue weighted by atomic mass is 9.70. The van der Waals surface area contributed by atoms with Crippen LogP contribution >= 0.6 is 0 Å². The van der Waals surface area contributed by atoms with Crippen LogP contribution in [0.5, 0.6) is 0 Å². The fourth-order valence-corrected chi connectivity index (χ4v) is 2.13. The molecule has 2 N–H and O–H groups in total. The van der Waals surface area contributed by atoms with Crippen molar-refractivity contribution in [2.45, 2.75) is 24.9 Å². The molecule has 1 unspecified atom stereocenters. The number of carbonyl (C=O) groups is 3. The van der Waals surface area contributed by atoms with Crippen LogP contribution in [-0.2, 0) is 9.59 Å². The van der Waals surface area contributed by atoms with E-state index >= 15 is 0 Å². The Hall–Kier alpha value is -1.59. The first kappa shape index (κ1) is 8.98. The third-order valence-electron chi connectivity index (χ3n) is 2.91. The van der Waals surface area contributed by atoms with Crippen LogP contribution < -0.4 is 0 Å². The quantitative estimate of drug-likeness (QED) is 0.569. The minimum atomic E-state index is -1.48. The largest absolute Gasteiger partial charge is 0.479 e. The average molecular weight is 199 g/mol. The Labute approximate surface area is 79.1 Å². The summed E-state index contributed by atoms with van der Waals surface area (Å²) in [4.78, 5) is 33.7. The van der Waals surface area contributed by atoms with Gasteiger partial charge in [0, 0.05) is 12.0 Å². The van der Waals surface area contributed by atoms with Gasteiger partial charge in [-0.3, -0.25) is 9.69 Å².